The summed E-state index contributed by atoms with van der Waals surface area (Å²) >= 11 is 0. The number of morpholine rings is 1. The number of nitrogens with one attached hydrogen (secondary N) is 1. The Morgan fingerprint density at radius 1 is 1.27 bits per heavy atom. The Morgan fingerprint density at radius 3 is 2.60 bits per heavy atom. The predicted octanol–water partition coefficient (Wildman–Crippen LogP) is 3.02. The second-order valence-corrected chi connectivity index (χ2v) is 6.30. The molecule has 1 amide bonds. The maximum Gasteiger partial charge on any atom is 0.422 e. The van der Waals surface area contributed by atoms with Crippen LogP contribution in [-0.4, -0.2) is 54.9 Å². The summed E-state index contributed by atoms with van der Waals surface area (Å²) in [6, 6.07) is 6.07. The van der Waals surface area contributed by atoms with Crippen LogP contribution in [0.5, 0.6) is 5.75 Å². The third-order valence-corrected chi connectivity index (χ3v) is 4.15. The molecule has 1 aromatic carbocycles. The van der Waals surface area contributed by atoms with Crippen LogP contribution in [0, 0.1) is 10.1 Å². The van der Waals surface area contributed by atoms with Crippen molar-refractivity contribution in [2.45, 2.75) is 6.18 Å². The van der Waals surface area contributed by atoms with Gasteiger partial charge in [0.2, 0.25) is 0 Å². The Balaban J connectivity index is 1.75. The van der Waals surface area contributed by atoms with Crippen molar-refractivity contribution in [2.75, 3.05) is 43.1 Å². The summed E-state index contributed by atoms with van der Waals surface area (Å²) in [5.74, 6) is -0.506. The lowest BCUT2D eigenvalue weighted by molar-refractivity contribution is -0.385. The molecule has 160 valence electrons. The summed E-state index contributed by atoms with van der Waals surface area (Å²) in [6.07, 6.45) is -3.20. The van der Waals surface area contributed by atoms with Crippen LogP contribution in [-0.2, 0) is 4.74 Å². The van der Waals surface area contributed by atoms with Gasteiger partial charge in [-0.2, -0.15) is 13.2 Å². The van der Waals surface area contributed by atoms with Crippen molar-refractivity contribution in [1.29, 1.82) is 0 Å². The maximum absolute atomic E-state index is 12.5. The highest BCUT2D eigenvalue weighted by molar-refractivity contribution is 6.07. The number of benzene rings is 1. The highest BCUT2D eigenvalue weighted by Gasteiger charge is 2.29. The van der Waals surface area contributed by atoms with Crippen molar-refractivity contribution in [2.24, 2.45) is 0 Å². The van der Waals surface area contributed by atoms with Gasteiger partial charge in [0.25, 0.3) is 11.6 Å². The van der Waals surface area contributed by atoms with E-state index in [0.717, 1.165) is 18.2 Å². The first-order valence-corrected chi connectivity index (χ1v) is 8.81. The molecule has 0 saturated carbocycles. The molecule has 9 nitrogen and oxygen atoms in total. The number of nitro groups is 1. The molecule has 0 radical (unpaired) electrons. The maximum atomic E-state index is 12.5. The Labute approximate surface area is 168 Å². The molecule has 2 heterocycles. The summed E-state index contributed by atoms with van der Waals surface area (Å²) in [4.78, 5) is 29.2. The second kappa shape index (κ2) is 8.95. The van der Waals surface area contributed by atoms with Crippen molar-refractivity contribution in [3.8, 4) is 5.75 Å². The molecule has 0 bridgehead atoms. The molecule has 1 aromatic heterocycles. The minimum Gasteiger partial charge on any atom is -0.484 e. The number of anilines is 2. The van der Waals surface area contributed by atoms with E-state index in [9.17, 15) is 28.1 Å². The summed E-state index contributed by atoms with van der Waals surface area (Å²) in [6.45, 7) is 0.928. The number of pyridine rings is 1. The van der Waals surface area contributed by atoms with E-state index in [4.69, 9.17) is 4.74 Å². The number of ether oxygens (including phenoxy) is 2. The number of nitrogens with zero attached hydrogens (tertiary/aromatic N) is 3. The Kier molecular flexibility index (Phi) is 6.35. The van der Waals surface area contributed by atoms with E-state index in [2.05, 4.69) is 15.0 Å². The van der Waals surface area contributed by atoms with Gasteiger partial charge in [-0.3, -0.25) is 14.9 Å². The van der Waals surface area contributed by atoms with Gasteiger partial charge < -0.3 is 19.7 Å². The summed E-state index contributed by atoms with van der Waals surface area (Å²) in [5.41, 5.74) is -0.727. The highest BCUT2D eigenvalue weighted by atomic mass is 19.4. The first-order valence-electron chi connectivity index (χ1n) is 8.81. The van der Waals surface area contributed by atoms with Gasteiger partial charge in [-0.25, -0.2) is 4.98 Å². The van der Waals surface area contributed by atoms with Crippen LogP contribution < -0.4 is 15.0 Å². The van der Waals surface area contributed by atoms with E-state index in [-0.39, 0.29) is 11.4 Å². The number of rotatable bonds is 6. The standard InChI is InChI=1S/C18H17F3N4O5/c19-18(20,21)11-30-13-2-3-15(25(27)28)14(9-13)17(26)23-12-1-4-16(22-10-12)24-5-7-29-8-6-24/h1-4,9-10H,5-8,11H2,(H,23,26). The molecule has 0 aliphatic carbocycles. The molecule has 12 heteroatoms. The molecule has 1 fully saturated rings. The van der Waals surface area contributed by atoms with Gasteiger partial charge in [-0.15, -0.1) is 0 Å². The van der Waals surface area contributed by atoms with Crippen LogP contribution in [0.4, 0.5) is 30.4 Å². The monoisotopic (exact) mass is 426 g/mol. The fraction of sp³-hybridized carbons (Fsp3) is 0.333. The molecule has 0 spiro atoms. The summed E-state index contributed by atoms with van der Waals surface area (Å²) in [5, 5.41) is 13.7. The van der Waals surface area contributed by atoms with Gasteiger partial charge in [-0.05, 0) is 24.3 Å². The van der Waals surface area contributed by atoms with Gasteiger partial charge in [0, 0.05) is 19.2 Å². The van der Waals surface area contributed by atoms with Crippen LogP contribution >= 0.6 is 0 Å². The largest absolute Gasteiger partial charge is 0.484 e. The molecule has 0 unspecified atom stereocenters. The van der Waals surface area contributed by atoms with Crippen LogP contribution in [0.15, 0.2) is 36.5 Å². The van der Waals surface area contributed by atoms with E-state index < -0.39 is 34.9 Å². The van der Waals surface area contributed by atoms with E-state index >= 15 is 0 Å². The molecule has 1 N–H and O–H groups in total. The van der Waals surface area contributed by atoms with E-state index in [1.165, 1.54) is 6.20 Å². The zero-order valence-electron chi connectivity index (χ0n) is 15.5. The highest BCUT2D eigenvalue weighted by Crippen LogP contribution is 2.27. The first-order chi connectivity index (χ1) is 14.2. The Bertz CT molecular complexity index is 915. The summed E-state index contributed by atoms with van der Waals surface area (Å²) < 4.78 is 46.8. The molecule has 3 rings (SSSR count). The SMILES string of the molecule is O=C(Nc1ccc(N2CCOCC2)nc1)c1cc(OCC(F)(F)F)ccc1[N+](=O)[O-]. The third kappa shape index (κ3) is 5.56. The number of carbonyl (C=O) groups is 1. The number of hydrogen-bond acceptors (Lipinski definition) is 7. The normalized spacial score (nSPS) is 14.3. The van der Waals surface area contributed by atoms with Gasteiger partial charge >= 0.3 is 6.18 Å². The fourth-order valence-electron chi connectivity index (χ4n) is 2.75. The Morgan fingerprint density at radius 2 is 2.00 bits per heavy atom. The van der Waals surface area contributed by atoms with Gasteiger partial charge in [-0.1, -0.05) is 0 Å². The number of halogens is 3. The number of aromatic nitrogens is 1. The second-order valence-electron chi connectivity index (χ2n) is 6.30. The first kappa shape index (κ1) is 21.3. The topological polar surface area (TPSA) is 107 Å². The van der Waals surface area contributed by atoms with Gasteiger partial charge in [0.15, 0.2) is 6.61 Å². The average molecular weight is 426 g/mol. The number of nitro benzene ring substituents is 1. The lowest BCUT2D eigenvalue weighted by Crippen LogP contribution is -2.36. The quantitative estimate of drug-likeness (QED) is 0.559. The van der Waals surface area contributed by atoms with E-state index in [1.54, 1.807) is 12.1 Å². The average Bonchev–Trinajstić information content (AvgIpc) is 2.72. The molecule has 1 aliphatic rings. The number of amides is 1. The molecular weight excluding hydrogens is 409 g/mol. The lowest BCUT2D eigenvalue weighted by atomic mass is 10.1. The van der Waals surface area contributed by atoms with Crippen LogP contribution in [0.25, 0.3) is 0 Å². The number of hydrogen-bond donors (Lipinski definition) is 1. The van der Waals surface area contributed by atoms with Crippen molar-refractivity contribution < 1.29 is 32.4 Å². The summed E-state index contributed by atoms with van der Waals surface area (Å²) in [7, 11) is 0. The molecule has 1 aliphatic heterocycles. The molecule has 1 saturated heterocycles. The lowest BCUT2D eigenvalue weighted by Gasteiger charge is -2.27. The fourth-order valence-corrected chi connectivity index (χ4v) is 2.75. The number of alkyl halides is 3. The van der Waals surface area contributed by atoms with Gasteiger partial charge in [0.05, 0.1) is 30.0 Å². The zero-order valence-corrected chi connectivity index (χ0v) is 15.5. The smallest absolute Gasteiger partial charge is 0.422 e. The number of carbonyl (C=O) groups excluding carboxylic acids is 1. The van der Waals surface area contributed by atoms with Crippen molar-refractivity contribution >= 4 is 23.1 Å². The molecule has 2 aromatic rings. The van der Waals surface area contributed by atoms with Gasteiger partial charge in [0.1, 0.15) is 17.1 Å². The zero-order chi connectivity index (χ0) is 21.7. The minimum absolute atomic E-state index is 0.271. The van der Waals surface area contributed by atoms with Crippen molar-refractivity contribution in [3.05, 3.63) is 52.2 Å². The molecule has 30 heavy (non-hydrogen) atoms. The minimum atomic E-state index is -4.59. The Hall–Kier alpha value is -3.41. The van der Waals surface area contributed by atoms with Crippen molar-refractivity contribution in [1.82, 2.24) is 4.98 Å². The van der Waals surface area contributed by atoms with Crippen LogP contribution in [0.1, 0.15) is 10.4 Å². The molecule has 0 atom stereocenters. The predicted molar refractivity (Wildman–Crippen MR) is 99.9 cm³/mol. The van der Waals surface area contributed by atoms with E-state index in [0.29, 0.717) is 32.1 Å². The van der Waals surface area contributed by atoms with Crippen LogP contribution in [0.3, 0.4) is 0 Å². The van der Waals surface area contributed by atoms with E-state index in [1.807, 2.05) is 4.90 Å². The third-order valence-electron chi connectivity index (χ3n) is 4.15. The molecular formula is C18H17F3N4O5. The van der Waals surface area contributed by atoms with Crippen LogP contribution in [0.2, 0.25) is 0 Å². The van der Waals surface area contributed by atoms with Crippen molar-refractivity contribution in [3.63, 3.8) is 0 Å².